The minimum atomic E-state index is 0.589. The predicted molar refractivity (Wildman–Crippen MR) is 85.1 cm³/mol. The number of guanidine groups is 1. The molecule has 0 heterocycles. The van der Waals surface area contributed by atoms with Gasteiger partial charge >= 0.3 is 0 Å². The molecule has 1 aliphatic rings. The lowest BCUT2D eigenvalue weighted by Crippen LogP contribution is -2.41. The molecule has 104 valence electrons. The summed E-state index contributed by atoms with van der Waals surface area (Å²) in [5.74, 6) is 0.973. The maximum Gasteiger partial charge on any atom is 0.197 e. The van der Waals surface area contributed by atoms with E-state index in [1.807, 2.05) is 17.8 Å². The minimum Gasteiger partial charge on any atom is -0.353 e. The van der Waals surface area contributed by atoms with Gasteiger partial charge < -0.3 is 9.99 Å². The van der Waals surface area contributed by atoms with Gasteiger partial charge in [-0.05, 0) is 27.8 Å². The first-order valence-corrected chi connectivity index (χ1v) is 7.60. The second-order valence-electron chi connectivity index (χ2n) is 5.22. The standard InChI is InChI=1S/C15H24N3P/c1-18(19)15(17-14-10-6-3-7-11-14)16-12-13-8-4-2-5-9-13/h2,4-5,8-9,14H,3,6-7,10-12,19H2,1H3,(H,16,17). The van der Waals surface area contributed by atoms with E-state index >= 15 is 0 Å². The van der Waals surface area contributed by atoms with Crippen molar-refractivity contribution in [3.05, 3.63) is 35.9 Å². The number of benzene rings is 1. The Morgan fingerprint density at radius 3 is 2.58 bits per heavy atom. The highest BCUT2D eigenvalue weighted by Gasteiger charge is 2.15. The molecule has 2 rings (SSSR count). The predicted octanol–water partition coefficient (Wildman–Crippen LogP) is 3.19. The highest BCUT2D eigenvalue weighted by Crippen LogP contribution is 2.17. The molecule has 19 heavy (non-hydrogen) atoms. The molecular formula is C15H24N3P. The molecule has 0 aliphatic heterocycles. The van der Waals surface area contributed by atoms with Crippen molar-refractivity contribution in [1.29, 1.82) is 0 Å². The Labute approximate surface area is 118 Å². The summed E-state index contributed by atoms with van der Waals surface area (Å²) in [4.78, 5) is 4.70. The van der Waals surface area contributed by atoms with Crippen LogP contribution in [0.2, 0.25) is 0 Å². The molecule has 0 saturated heterocycles. The summed E-state index contributed by atoms with van der Waals surface area (Å²) in [5, 5.41) is 3.58. The van der Waals surface area contributed by atoms with Gasteiger partial charge in [0.2, 0.25) is 0 Å². The van der Waals surface area contributed by atoms with E-state index in [9.17, 15) is 0 Å². The van der Waals surface area contributed by atoms with E-state index in [1.165, 1.54) is 37.7 Å². The quantitative estimate of drug-likeness (QED) is 0.522. The van der Waals surface area contributed by atoms with E-state index in [1.54, 1.807) is 0 Å². The Bertz CT molecular complexity index is 397. The highest BCUT2D eigenvalue weighted by molar-refractivity contribution is 7.14. The van der Waals surface area contributed by atoms with Crippen LogP contribution in [0.15, 0.2) is 35.3 Å². The summed E-state index contributed by atoms with van der Waals surface area (Å²) in [5.41, 5.74) is 1.25. The molecular weight excluding hydrogens is 253 g/mol. The van der Waals surface area contributed by atoms with E-state index in [0.717, 1.165) is 12.5 Å². The molecule has 0 spiro atoms. The van der Waals surface area contributed by atoms with E-state index < -0.39 is 0 Å². The van der Waals surface area contributed by atoms with Crippen molar-refractivity contribution >= 4 is 15.4 Å². The lowest BCUT2D eigenvalue weighted by molar-refractivity contribution is 0.406. The van der Waals surface area contributed by atoms with Gasteiger partial charge in [-0.3, -0.25) is 0 Å². The van der Waals surface area contributed by atoms with Crippen LogP contribution in [-0.4, -0.2) is 23.7 Å². The van der Waals surface area contributed by atoms with Crippen LogP contribution >= 0.6 is 9.39 Å². The first-order valence-electron chi connectivity index (χ1n) is 7.09. The average molecular weight is 277 g/mol. The lowest BCUT2D eigenvalue weighted by atomic mass is 9.96. The third kappa shape index (κ3) is 4.83. The van der Waals surface area contributed by atoms with Crippen molar-refractivity contribution in [2.24, 2.45) is 4.99 Å². The largest absolute Gasteiger partial charge is 0.353 e. The van der Waals surface area contributed by atoms with Crippen molar-refractivity contribution in [1.82, 2.24) is 9.99 Å². The number of nitrogens with one attached hydrogen (secondary N) is 1. The first kappa shape index (κ1) is 14.3. The highest BCUT2D eigenvalue weighted by atomic mass is 31.0. The van der Waals surface area contributed by atoms with Crippen LogP contribution in [0.4, 0.5) is 0 Å². The number of aliphatic imine (C=N–C) groups is 1. The minimum absolute atomic E-state index is 0.589. The van der Waals surface area contributed by atoms with Crippen LogP contribution in [0.25, 0.3) is 0 Å². The fourth-order valence-electron chi connectivity index (χ4n) is 2.44. The van der Waals surface area contributed by atoms with E-state index in [2.05, 4.69) is 39.0 Å². The summed E-state index contributed by atoms with van der Waals surface area (Å²) in [6.07, 6.45) is 6.59. The molecule has 1 saturated carbocycles. The monoisotopic (exact) mass is 277 g/mol. The zero-order chi connectivity index (χ0) is 13.5. The lowest BCUT2D eigenvalue weighted by Gasteiger charge is -2.27. The summed E-state index contributed by atoms with van der Waals surface area (Å²) in [6.45, 7) is 0.731. The second kappa shape index (κ2) is 7.49. The van der Waals surface area contributed by atoms with Gasteiger partial charge in [0.1, 0.15) is 0 Å². The zero-order valence-corrected chi connectivity index (χ0v) is 12.8. The third-order valence-corrected chi connectivity index (χ3v) is 3.77. The molecule has 1 atom stereocenters. The zero-order valence-electron chi connectivity index (χ0n) is 11.7. The van der Waals surface area contributed by atoms with E-state index in [4.69, 9.17) is 4.99 Å². The van der Waals surface area contributed by atoms with Crippen molar-refractivity contribution in [3.63, 3.8) is 0 Å². The van der Waals surface area contributed by atoms with Gasteiger partial charge in [0.05, 0.1) is 6.54 Å². The first-order chi connectivity index (χ1) is 9.25. The molecule has 0 bridgehead atoms. The Morgan fingerprint density at radius 1 is 1.26 bits per heavy atom. The van der Waals surface area contributed by atoms with Gasteiger partial charge in [0.25, 0.3) is 0 Å². The molecule has 1 aliphatic carbocycles. The Balaban J connectivity index is 1.94. The number of rotatable bonds is 3. The van der Waals surface area contributed by atoms with Gasteiger partial charge in [-0.15, -0.1) is 0 Å². The van der Waals surface area contributed by atoms with Gasteiger partial charge in [-0.2, -0.15) is 0 Å². The van der Waals surface area contributed by atoms with Crippen LogP contribution in [0.1, 0.15) is 37.7 Å². The molecule has 1 N–H and O–H groups in total. The summed E-state index contributed by atoms with van der Waals surface area (Å²) < 4.78 is 2.00. The van der Waals surface area contributed by atoms with Crippen LogP contribution in [0.5, 0.6) is 0 Å². The van der Waals surface area contributed by atoms with Gasteiger partial charge in [-0.1, -0.05) is 49.6 Å². The van der Waals surface area contributed by atoms with Crippen LogP contribution in [0, 0.1) is 0 Å². The van der Waals surface area contributed by atoms with Crippen molar-refractivity contribution in [2.75, 3.05) is 7.05 Å². The van der Waals surface area contributed by atoms with Crippen LogP contribution < -0.4 is 5.32 Å². The maximum atomic E-state index is 4.70. The number of hydrogen-bond donors (Lipinski definition) is 1. The van der Waals surface area contributed by atoms with Crippen molar-refractivity contribution in [2.45, 2.75) is 44.7 Å². The average Bonchev–Trinajstić information content (AvgIpc) is 2.45. The van der Waals surface area contributed by atoms with Gasteiger partial charge in [0.15, 0.2) is 5.96 Å². The molecule has 1 aromatic carbocycles. The number of nitrogens with zero attached hydrogens (tertiary/aromatic N) is 2. The second-order valence-corrected chi connectivity index (χ2v) is 5.99. The molecule has 3 nitrogen and oxygen atoms in total. The smallest absolute Gasteiger partial charge is 0.197 e. The molecule has 1 aromatic rings. The molecule has 0 amide bonds. The van der Waals surface area contributed by atoms with Gasteiger partial charge in [0, 0.05) is 13.1 Å². The SMILES string of the molecule is CN(P)C(=NCc1ccccc1)NC1CCCCC1. The van der Waals surface area contributed by atoms with Gasteiger partial charge in [-0.25, -0.2) is 4.99 Å². The van der Waals surface area contributed by atoms with E-state index in [-0.39, 0.29) is 0 Å². The Morgan fingerprint density at radius 2 is 1.95 bits per heavy atom. The molecule has 0 aromatic heterocycles. The fourth-order valence-corrected chi connectivity index (χ4v) is 2.59. The fraction of sp³-hybridized carbons (Fsp3) is 0.533. The van der Waals surface area contributed by atoms with Crippen LogP contribution in [0.3, 0.4) is 0 Å². The number of hydrogen-bond acceptors (Lipinski definition) is 1. The third-order valence-electron chi connectivity index (χ3n) is 3.53. The summed E-state index contributed by atoms with van der Waals surface area (Å²) in [7, 11) is 4.71. The van der Waals surface area contributed by atoms with Crippen LogP contribution in [-0.2, 0) is 6.54 Å². The Hall–Kier alpha value is -1.08. The molecule has 1 fully saturated rings. The summed E-state index contributed by atoms with van der Waals surface area (Å²) in [6, 6.07) is 11.0. The maximum absolute atomic E-state index is 4.70. The topological polar surface area (TPSA) is 27.6 Å². The molecule has 0 radical (unpaired) electrons. The normalized spacial score (nSPS) is 17.3. The molecule has 1 unspecified atom stereocenters. The van der Waals surface area contributed by atoms with E-state index in [0.29, 0.717) is 6.04 Å². The van der Waals surface area contributed by atoms with Crippen molar-refractivity contribution in [3.8, 4) is 0 Å². The van der Waals surface area contributed by atoms with Crippen molar-refractivity contribution < 1.29 is 0 Å². The summed E-state index contributed by atoms with van der Waals surface area (Å²) >= 11 is 0. The Kier molecular flexibility index (Phi) is 5.65. The molecule has 4 heteroatoms.